The van der Waals surface area contributed by atoms with Gasteiger partial charge >= 0.3 is 0 Å². The standard InChI is InChI=1S/C14H16Cl2N2/c1-2-14(7-4-8-14)18-12(9-15)17-11-6-3-5-10(16)13(11)18/h3,5-6H,2,4,7-9H2,1H3. The van der Waals surface area contributed by atoms with E-state index in [1.807, 2.05) is 18.2 Å². The van der Waals surface area contributed by atoms with E-state index in [9.17, 15) is 0 Å². The van der Waals surface area contributed by atoms with E-state index < -0.39 is 0 Å². The van der Waals surface area contributed by atoms with Gasteiger partial charge in [0.2, 0.25) is 0 Å². The van der Waals surface area contributed by atoms with Gasteiger partial charge in [0.15, 0.2) is 0 Å². The smallest absolute Gasteiger partial charge is 0.125 e. The first-order valence-electron chi connectivity index (χ1n) is 6.44. The molecule has 0 bridgehead atoms. The van der Waals surface area contributed by atoms with E-state index in [2.05, 4.69) is 16.5 Å². The summed E-state index contributed by atoms with van der Waals surface area (Å²) in [6.45, 7) is 2.24. The zero-order chi connectivity index (χ0) is 12.8. The summed E-state index contributed by atoms with van der Waals surface area (Å²) in [5.74, 6) is 1.38. The molecule has 96 valence electrons. The Balaban J connectivity index is 2.31. The van der Waals surface area contributed by atoms with Crippen molar-refractivity contribution in [2.24, 2.45) is 0 Å². The van der Waals surface area contributed by atoms with Gasteiger partial charge in [0, 0.05) is 5.54 Å². The molecule has 1 fully saturated rings. The molecule has 1 aromatic carbocycles. The van der Waals surface area contributed by atoms with Crippen LogP contribution in [-0.4, -0.2) is 9.55 Å². The topological polar surface area (TPSA) is 17.8 Å². The summed E-state index contributed by atoms with van der Waals surface area (Å²) in [4.78, 5) is 4.63. The fraction of sp³-hybridized carbons (Fsp3) is 0.500. The van der Waals surface area contributed by atoms with Crippen molar-refractivity contribution in [3.05, 3.63) is 29.0 Å². The average molecular weight is 283 g/mol. The van der Waals surface area contributed by atoms with Crippen LogP contribution in [0.15, 0.2) is 18.2 Å². The predicted octanol–water partition coefficient (Wildman–Crippen LogP) is 4.72. The van der Waals surface area contributed by atoms with Crippen LogP contribution in [0.4, 0.5) is 0 Å². The van der Waals surface area contributed by atoms with E-state index in [0.717, 1.165) is 28.3 Å². The lowest BCUT2D eigenvalue weighted by molar-refractivity contribution is 0.138. The summed E-state index contributed by atoms with van der Waals surface area (Å²) in [6, 6.07) is 5.89. The number of hydrogen-bond acceptors (Lipinski definition) is 1. The second-order valence-corrected chi connectivity index (χ2v) is 5.71. The van der Waals surface area contributed by atoms with Crippen molar-refractivity contribution < 1.29 is 0 Å². The van der Waals surface area contributed by atoms with Crippen molar-refractivity contribution in [1.29, 1.82) is 0 Å². The van der Waals surface area contributed by atoms with Gasteiger partial charge in [-0.25, -0.2) is 4.98 Å². The van der Waals surface area contributed by atoms with Gasteiger partial charge in [0.05, 0.1) is 21.9 Å². The molecule has 1 aromatic heterocycles. The number of hydrogen-bond donors (Lipinski definition) is 0. The Morgan fingerprint density at radius 2 is 2.17 bits per heavy atom. The quantitative estimate of drug-likeness (QED) is 0.745. The molecule has 0 saturated heterocycles. The highest BCUT2D eigenvalue weighted by molar-refractivity contribution is 6.35. The predicted molar refractivity (Wildman–Crippen MR) is 76.4 cm³/mol. The molecule has 1 aliphatic rings. The van der Waals surface area contributed by atoms with Gasteiger partial charge in [0.1, 0.15) is 5.82 Å². The second kappa shape index (κ2) is 4.43. The van der Waals surface area contributed by atoms with Crippen LogP contribution in [0.1, 0.15) is 38.4 Å². The molecule has 1 saturated carbocycles. The van der Waals surface area contributed by atoms with Gasteiger partial charge in [-0.2, -0.15) is 0 Å². The van der Waals surface area contributed by atoms with Crippen LogP contribution in [0.5, 0.6) is 0 Å². The summed E-state index contributed by atoms with van der Waals surface area (Å²) in [5.41, 5.74) is 2.19. The Kier molecular flexibility index (Phi) is 3.03. The van der Waals surface area contributed by atoms with E-state index in [1.165, 1.54) is 19.3 Å². The van der Waals surface area contributed by atoms with Crippen molar-refractivity contribution in [2.75, 3.05) is 0 Å². The Morgan fingerprint density at radius 3 is 2.72 bits per heavy atom. The molecule has 0 N–H and O–H groups in total. The lowest BCUT2D eigenvalue weighted by Crippen LogP contribution is -2.40. The molecule has 1 heterocycles. The summed E-state index contributed by atoms with van der Waals surface area (Å²) >= 11 is 12.4. The minimum Gasteiger partial charge on any atom is -0.320 e. The van der Waals surface area contributed by atoms with Gasteiger partial charge in [-0.15, -0.1) is 11.6 Å². The molecular weight excluding hydrogens is 267 g/mol. The lowest BCUT2D eigenvalue weighted by atomic mass is 9.74. The van der Waals surface area contributed by atoms with Crippen LogP contribution in [0.2, 0.25) is 5.02 Å². The first-order valence-corrected chi connectivity index (χ1v) is 7.35. The highest BCUT2D eigenvalue weighted by Crippen LogP contribution is 2.45. The molecule has 0 atom stereocenters. The van der Waals surface area contributed by atoms with Gasteiger partial charge in [-0.1, -0.05) is 24.6 Å². The van der Waals surface area contributed by atoms with Crippen molar-refractivity contribution in [2.45, 2.75) is 44.0 Å². The van der Waals surface area contributed by atoms with Crippen LogP contribution >= 0.6 is 23.2 Å². The normalized spacial score (nSPS) is 17.9. The third-order valence-corrected chi connectivity index (χ3v) is 4.78. The molecule has 3 rings (SSSR count). The Morgan fingerprint density at radius 1 is 1.39 bits per heavy atom. The van der Waals surface area contributed by atoms with Gasteiger partial charge in [0.25, 0.3) is 0 Å². The zero-order valence-corrected chi connectivity index (χ0v) is 11.9. The largest absolute Gasteiger partial charge is 0.320 e. The monoisotopic (exact) mass is 282 g/mol. The van der Waals surface area contributed by atoms with Gasteiger partial charge in [-0.3, -0.25) is 0 Å². The van der Waals surface area contributed by atoms with Crippen molar-refractivity contribution >= 4 is 34.2 Å². The van der Waals surface area contributed by atoms with Gasteiger partial charge < -0.3 is 4.57 Å². The SMILES string of the molecule is CCC1(n2c(CCl)nc3cccc(Cl)c32)CCC1. The van der Waals surface area contributed by atoms with E-state index in [4.69, 9.17) is 23.2 Å². The molecule has 0 aliphatic heterocycles. The third kappa shape index (κ3) is 1.59. The van der Waals surface area contributed by atoms with E-state index in [1.54, 1.807) is 0 Å². The molecule has 0 radical (unpaired) electrons. The number of imidazole rings is 1. The summed E-state index contributed by atoms with van der Waals surface area (Å²) in [7, 11) is 0. The first-order chi connectivity index (χ1) is 8.72. The molecule has 18 heavy (non-hydrogen) atoms. The van der Waals surface area contributed by atoms with Crippen LogP contribution < -0.4 is 0 Å². The number of alkyl halides is 1. The third-order valence-electron chi connectivity index (χ3n) is 4.23. The lowest BCUT2D eigenvalue weighted by Gasteiger charge is -2.44. The summed E-state index contributed by atoms with van der Waals surface area (Å²) in [6.07, 6.45) is 4.78. The summed E-state index contributed by atoms with van der Waals surface area (Å²) in [5, 5.41) is 0.774. The number of halogens is 2. The molecule has 4 heteroatoms. The maximum atomic E-state index is 6.37. The molecule has 0 amide bonds. The molecule has 0 unspecified atom stereocenters. The van der Waals surface area contributed by atoms with Crippen LogP contribution in [0.25, 0.3) is 11.0 Å². The second-order valence-electron chi connectivity index (χ2n) is 5.04. The minimum atomic E-state index is 0.184. The minimum absolute atomic E-state index is 0.184. The molecule has 2 nitrogen and oxygen atoms in total. The maximum absolute atomic E-state index is 6.37. The van der Waals surface area contributed by atoms with Crippen LogP contribution in [0.3, 0.4) is 0 Å². The number of nitrogens with zero attached hydrogens (tertiary/aromatic N) is 2. The van der Waals surface area contributed by atoms with Crippen molar-refractivity contribution in [3.8, 4) is 0 Å². The van der Waals surface area contributed by atoms with Gasteiger partial charge in [-0.05, 0) is 37.8 Å². The van der Waals surface area contributed by atoms with Crippen LogP contribution in [0, 0.1) is 0 Å². The van der Waals surface area contributed by atoms with E-state index in [0.29, 0.717) is 5.88 Å². The number of fused-ring (bicyclic) bond motifs is 1. The Hall–Kier alpha value is -0.730. The molecular formula is C14H16Cl2N2. The molecule has 0 spiro atoms. The number of aromatic nitrogens is 2. The first kappa shape index (κ1) is 12.3. The Labute approximate surface area is 117 Å². The molecule has 2 aromatic rings. The van der Waals surface area contributed by atoms with E-state index in [-0.39, 0.29) is 5.54 Å². The van der Waals surface area contributed by atoms with Crippen LogP contribution in [-0.2, 0) is 11.4 Å². The number of para-hydroxylation sites is 1. The fourth-order valence-corrected chi connectivity index (χ4v) is 3.49. The average Bonchev–Trinajstić information content (AvgIpc) is 2.69. The highest BCUT2D eigenvalue weighted by atomic mass is 35.5. The van der Waals surface area contributed by atoms with E-state index >= 15 is 0 Å². The molecule has 1 aliphatic carbocycles. The highest BCUT2D eigenvalue weighted by Gasteiger charge is 2.39. The number of benzene rings is 1. The maximum Gasteiger partial charge on any atom is 0.125 e. The Bertz CT molecular complexity index is 579. The summed E-state index contributed by atoms with van der Waals surface area (Å²) < 4.78 is 2.31. The zero-order valence-electron chi connectivity index (χ0n) is 10.4. The number of rotatable bonds is 3. The van der Waals surface area contributed by atoms with Crippen molar-refractivity contribution in [1.82, 2.24) is 9.55 Å². The van der Waals surface area contributed by atoms with Crippen molar-refractivity contribution in [3.63, 3.8) is 0 Å². The fourth-order valence-electron chi connectivity index (χ4n) is 3.05.